The molecule has 0 fully saturated rings. The van der Waals surface area contributed by atoms with E-state index < -0.39 is 0 Å². The molecule has 1 aromatic rings. The third-order valence-corrected chi connectivity index (χ3v) is 3.16. The third-order valence-electron chi connectivity index (χ3n) is 3.16. The van der Waals surface area contributed by atoms with Crippen molar-refractivity contribution in [3.05, 3.63) is 35.4 Å². The van der Waals surface area contributed by atoms with E-state index in [0.717, 1.165) is 6.54 Å². The van der Waals surface area contributed by atoms with Crippen LogP contribution < -0.4 is 5.32 Å². The molecule has 1 aromatic carbocycles. The lowest BCUT2D eigenvalue weighted by atomic mass is 9.90. The molecule has 0 aliphatic rings. The molecule has 1 N–H and O–H groups in total. The minimum Gasteiger partial charge on any atom is -0.310 e. The van der Waals surface area contributed by atoms with Gasteiger partial charge in [0.2, 0.25) is 0 Å². The second-order valence-electron chi connectivity index (χ2n) is 4.28. The van der Waals surface area contributed by atoms with E-state index in [1.54, 1.807) is 0 Å². The molecule has 0 amide bonds. The summed E-state index contributed by atoms with van der Waals surface area (Å²) in [5.41, 5.74) is 2.84. The van der Waals surface area contributed by atoms with Crippen LogP contribution in [0.2, 0.25) is 0 Å². The van der Waals surface area contributed by atoms with Crippen LogP contribution in [0.15, 0.2) is 24.3 Å². The van der Waals surface area contributed by atoms with Gasteiger partial charge in [0, 0.05) is 6.04 Å². The summed E-state index contributed by atoms with van der Waals surface area (Å²) in [6.45, 7) is 9.98. The Bertz CT molecular complexity index is 293. The van der Waals surface area contributed by atoms with Gasteiger partial charge in [-0.05, 0) is 30.5 Å². The Balaban J connectivity index is 2.93. The summed E-state index contributed by atoms with van der Waals surface area (Å²) in [5, 5.41) is 3.59. The highest BCUT2D eigenvalue weighted by molar-refractivity contribution is 5.29. The van der Waals surface area contributed by atoms with Crippen molar-refractivity contribution in [1.82, 2.24) is 5.32 Å². The standard InChI is InChI=1S/C14H23N/c1-5-11(3)14(15-6-2)13-10-8-7-9-12(13)4/h7-11,14-15H,5-6H2,1-4H3. The van der Waals surface area contributed by atoms with Crippen molar-refractivity contribution < 1.29 is 0 Å². The largest absolute Gasteiger partial charge is 0.310 e. The van der Waals surface area contributed by atoms with Crippen molar-refractivity contribution in [2.75, 3.05) is 6.54 Å². The summed E-state index contributed by atoms with van der Waals surface area (Å²) in [7, 11) is 0. The highest BCUT2D eigenvalue weighted by Gasteiger charge is 2.17. The number of nitrogens with one attached hydrogen (secondary N) is 1. The van der Waals surface area contributed by atoms with E-state index >= 15 is 0 Å². The van der Waals surface area contributed by atoms with Gasteiger partial charge in [-0.1, -0.05) is 51.5 Å². The van der Waals surface area contributed by atoms with E-state index in [2.05, 4.69) is 57.3 Å². The van der Waals surface area contributed by atoms with Crippen LogP contribution in [0.4, 0.5) is 0 Å². The molecule has 0 saturated carbocycles. The van der Waals surface area contributed by atoms with Crippen molar-refractivity contribution in [1.29, 1.82) is 0 Å². The van der Waals surface area contributed by atoms with E-state index in [-0.39, 0.29) is 0 Å². The fourth-order valence-corrected chi connectivity index (χ4v) is 2.01. The fourth-order valence-electron chi connectivity index (χ4n) is 2.01. The first kappa shape index (κ1) is 12.3. The summed E-state index contributed by atoms with van der Waals surface area (Å²) >= 11 is 0. The van der Waals surface area contributed by atoms with Gasteiger partial charge in [-0.15, -0.1) is 0 Å². The summed E-state index contributed by atoms with van der Waals surface area (Å²) in [6.07, 6.45) is 1.21. The summed E-state index contributed by atoms with van der Waals surface area (Å²) in [6, 6.07) is 9.19. The van der Waals surface area contributed by atoms with Gasteiger partial charge < -0.3 is 5.32 Å². The van der Waals surface area contributed by atoms with Crippen molar-refractivity contribution in [2.24, 2.45) is 5.92 Å². The lowest BCUT2D eigenvalue weighted by Gasteiger charge is -2.25. The Morgan fingerprint density at radius 3 is 2.40 bits per heavy atom. The van der Waals surface area contributed by atoms with Gasteiger partial charge in [0.15, 0.2) is 0 Å². The van der Waals surface area contributed by atoms with Crippen LogP contribution in [0.25, 0.3) is 0 Å². The Morgan fingerprint density at radius 2 is 1.87 bits per heavy atom. The first-order valence-electron chi connectivity index (χ1n) is 5.99. The first-order valence-corrected chi connectivity index (χ1v) is 5.99. The molecule has 0 bridgehead atoms. The topological polar surface area (TPSA) is 12.0 Å². The maximum absolute atomic E-state index is 3.59. The molecule has 0 saturated heterocycles. The van der Waals surface area contributed by atoms with Crippen LogP contribution in [-0.2, 0) is 0 Å². The van der Waals surface area contributed by atoms with Crippen molar-refractivity contribution in [2.45, 2.75) is 40.2 Å². The molecule has 1 nitrogen and oxygen atoms in total. The van der Waals surface area contributed by atoms with Crippen LogP contribution in [0, 0.1) is 12.8 Å². The maximum Gasteiger partial charge on any atom is 0.0348 e. The van der Waals surface area contributed by atoms with Gasteiger partial charge >= 0.3 is 0 Å². The van der Waals surface area contributed by atoms with Crippen molar-refractivity contribution in [3.63, 3.8) is 0 Å². The smallest absolute Gasteiger partial charge is 0.0348 e. The summed E-state index contributed by atoms with van der Waals surface area (Å²) < 4.78 is 0. The molecule has 0 heterocycles. The number of rotatable bonds is 5. The molecule has 84 valence electrons. The van der Waals surface area contributed by atoms with Crippen LogP contribution in [0.3, 0.4) is 0 Å². The molecule has 0 aliphatic heterocycles. The summed E-state index contributed by atoms with van der Waals surface area (Å²) in [4.78, 5) is 0. The van der Waals surface area contributed by atoms with Crippen molar-refractivity contribution in [3.8, 4) is 0 Å². The number of benzene rings is 1. The minimum absolute atomic E-state index is 0.501. The molecule has 1 heteroatoms. The number of aryl methyl sites for hydroxylation is 1. The average molecular weight is 205 g/mol. The Labute approximate surface area is 93.9 Å². The second kappa shape index (κ2) is 5.92. The Kier molecular flexibility index (Phi) is 4.83. The molecule has 0 radical (unpaired) electrons. The zero-order valence-electron chi connectivity index (χ0n) is 10.4. The first-order chi connectivity index (χ1) is 7.20. The van der Waals surface area contributed by atoms with Crippen LogP contribution in [0.5, 0.6) is 0 Å². The molecule has 2 unspecified atom stereocenters. The lowest BCUT2D eigenvalue weighted by molar-refractivity contribution is 0.382. The zero-order valence-corrected chi connectivity index (χ0v) is 10.4. The molecule has 0 spiro atoms. The SMILES string of the molecule is CCNC(c1ccccc1C)C(C)CC. The molecule has 0 aromatic heterocycles. The van der Waals surface area contributed by atoms with Gasteiger partial charge in [0.05, 0.1) is 0 Å². The van der Waals surface area contributed by atoms with E-state index in [0.29, 0.717) is 12.0 Å². The molecular weight excluding hydrogens is 182 g/mol. The van der Waals surface area contributed by atoms with E-state index in [4.69, 9.17) is 0 Å². The summed E-state index contributed by atoms with van der Waals surface area (Å²) in [5.74, 6) is 0.686. The Hall–Kier alpha value is -0.820. The van der Waals surface area contributed by atoms with Crippen LogP contribution >= 0.6 is 0 Å². The molecule has 15 heavy (non-hydrogen) atoms. The van der Waals surface area contributed by atoms with Gasteiger partial charge in [-0.3, -0.25) is 0 Å². The quantitative estimate of drug-likeness (QED) is 0.773. The highest BCUT2D eigenvalue weighted by atomic mass is 14.9. The molecular formula is C14H23N. The van der Waals surface area contributed by atoms with E-state index in [1.807, 2.05) is 0 Å². The van der Waals surface area contributed by atoms with Gasteiger partial charge in [0.1, 0.15) is 0 Å². The lowest BCUT2D eigenvalue weighted by Crippen LogP contribution is -2.27. The van der Waals surface area contributed by atoms with E-state index in [9.17, 15) is 0 Å². The Morgan fingerprint density at radius 1 is 1.20 bits per heavy atom. The van der Waals surface area contributed by atoms with Gasteiger partial charge in [-0.2, -0.15) is 0 Å². The molecule has 1 rings (SSSR count). The van der Waals surface area contributed by atoms with Crippen LogP contribution in [0.1, 0.15) is 44.4 Å². The average Bonchev–Trinajstić information content (AvgIpc) is 2.26. The third kappa shape index (κ3) is 3.07. The van der Waals surface area contributed by atoms with Gasteiger partial charge in [0.25, 0.3) is 0 Å². The van der Waals surface area contributed by atoms with E-state index in [1.165, 1.54) is 17.5 Å². The maximum atomic E-state index is 3.59. The zero-order chi connectivity index (χ0) is 11.3. The minimum atomic E-state index is 0.501. The number of hydrogen-bond acceptors (Lipinski definition) is 1. The van der Waals surface area contributed by atoms with Crippen molar-refractivity contribution >= 4 is 0 Å². The van der Waals surface area contributed by atoms with Crippen LogP contribution in [-0.4, -0.2) is 6.54 Å². The number of hydrogen-bond donors (Lipinski definition) is 1. The fraction of sp³-hybridized carbons (Fsp3) is 0.571. The predicted octanol–water partition coefficient (Wildman–Crippen LogP) is 3.69. The molecule has 2 atom stereocenters. The highest BCUT2D eigenvalue weighted by Crippen LogP contribution is 2.26. The van der Waals surface area contributed by atoms with Gasteiger partial charge in [-0.25, -0.2) is 0 Å². The second-order valence-corrected chi connectivity index (χ2v) is 4.28. The monoisotopic (exact) mass is 205 g/mol. The predicted molar refractivity (Wildman–Crippen MR) is 67.1 cm³/mol. The normalized spacial score (nSPS) is 14.9. The molecule has 0 aliphatic carbocycles.